The van der Waals surface area contributed by atoms with Crippen molar-refractivity contribution in [2.45, 2.75) is 18.6 Å². The number of rotatable bonds is 8. The molecule has 1 aliphatic rings. The van der Waals surface area contributed by atoms with Crippen LogP contribution in [0.4, 0.5) is 0 Å². The Labute approximate surface area is 199 Å². The van der Waals surface area contributed by atoms with E-state index in [2.05, 4.69) is 5.32 Å². The standard InChI is InChI=1S/C25H27ClN2O4S/c26-23-9-3-5-19(15-23)18-33(30,31)28-13-4-8-22(17-28)25(29)27-12-14-32-24-11-10-20-6-1-2-7-21(20)16-24/h1-3,5-7,9-11,15-16,22H,4,8,12-14,17-18H2,(H,27,29)/t22-/m1/s1. The summed E-state index contributed by atoms with van der Waals surface area (Å²) >= 11 is 5.98. The first-order valence-electron chi connectivity index (χ1n) is 11.0. The van der Waals surface area contributed by atoms with Gasteiger partial charge in [0.05, 0.1) is 18.2 Å². The molecule has 3 aromatic rings. The molecule has 174 valence electrons. The van der Waals surface area contributed by atoms with E-state index in [1.807, 2.05) is 42.5 Å². The predicted molar refractivity (Wildman–Crippen MR) is 131 cm³/mol. The van der Waals surface area contributed by atoms with E-state index in [0.717, 1.165) is 16.5 Å². The molecule has 1 N–H and O–H groups in total. The lowest BCUT2D eigenvalue weighted by molar-refractivity contribution is -0.126. The van der Waals surface area contributed by atoms with Crippen LogP contribution in [0.5, 0.6) is 5.75 Å². The predicted octanol–water partition coefficient (Wildman–Crippen LogP) is 4.23. The highest BCUT2D eigenvalue weighted by Crippen LogP contribution is 2.23. The zero-order chi connectivity index (χ0) is 23.3. The molecule has 33 heavy (non-hydrogen) atoms. The number of sulfonamides is 1. The number of benzene rings is 3. The van der Waals surface area contributed by atoms with E-state index in [0.29, 0.717) is 43.1 Å². The summed E-state index contributed by atoms with van der Waals surface area (Å²) in [5.41, 5.74) is 0.639. The molecule has 1 heterocycles. The molecule has 0 aliphatic carbocycles. The Morgan fingerprint density at radius 2 is 1.88 bits per heavy atom. The van der Waals surface area contributed by atoms with E-state index in [-0.39, 0.29) is 24.1 Å². The Bertz CT molecular complexity index is 1230. The van der Waals surface area contributed by atoms with Gasteiger partial charge in [-0.25, -0.2) is 12.7 Å². The summed E-state index contributed by atoms with van der Waals surface area (Å²) in [6.45, 7) is 1.32. The number of nitrogens with one attached hydrogen (secondary N) is 1. The third-order valence-corrected chi connectivity index (χ3v) is 7.83. The van der Waals surface area contributed by atoms with Gasteiger partial charge in [0.2, 0.25) is 15.9 Å². The SMILES string of the molecule is O=C(NCCOc1ccc2ccccc2c1)[C@@H]1CCCN(S(=O)(=O)Cc2cccc(Cl)c2)C1. The van der Waals surface area contributed by atoms with E-state index in [1.54, 1.807) is 24.3 Å². The molecule has 0 unspecified atom stereocenters. The number of amides is 1. The number of hydrogen-bond acceptors (Lipinski definition) is 4. The number of nitrogens with zero attached hydrogens (tertiary/aromatic N) is 1. The fourth-order valence-electron chi connectivity index (χ4n) is 4.08. The Hall–Kier alpha value is -2.61. The van der Waals surface area contributed by atoms with E-state index in [1.165, 1.54) is 4.31 Å². The molecule has 0 bridgehead atoms. The van der Waals surface area contributed by atoms with E-state index >= 15 is 0 Å². The summed E-state index contributed by atoms with van der Waals surface area (Å²) in [5, 5.41) is 5.63. The van der Waals surface area contributed by atoms with Gasteiger partial charge in [-0.05, 0) is 53.4 Å². The molecule has 8 heteroatoms. The molecule has 4 rings (SSSR count). The second-order valence-electron chi connectivity index (χ2n) is 8.23. The van der Waals surface area contributed by atoms with Gasteiger partial charge in [0.1, 0.15) is 12.4 Å². The summed E-state index contributed by atoms with van der Waals surface area (Å²) in [7, 11) is -3.53. The monoisotopic (exact) mass is 486 g/mol. The minimum absolute atomic E-state index is 0.124. The molecule has 1 aliphatic heterocycles. The van der Waals surface area contributed by atoms with Gasteiger partial charge in [-0.3, -0.25) is 4.79 Å². The highest BCUT2D eigenvalue weighted by molar-refractivity contribution is 7.88. The average molecular weight is 487 g/mol. The molecule has 3 aromatic carbocycles. The van der Waals surface area contributed by atoms with Crippen molar-refractivity contribution in [3.05, 3.63) is 77.3 Å². The normalized spacial score (nSPS) is 17.1. The van der Waals surface area contributed by atoms with Crippen molar-refractivity contribution in [1.82, 2.24) is 9.62 Å². The molecule has 6 nitrogen and oxygen atoms in total. The van der Waals surface area contributed by atoms with Crippen LogP contribution in [0, 0.1) is 5.92 Å². The highest BCUT2D eigenvalue weighted by atomic mass is 35.5. The van der Waals surface area contributed by atoms with Crippen LogP contribution in [0.25, 0.3) is 10.8 Å². The van der Waals surface area contributed by atoms with Crippen LogP contribution in [0.2, 0.25) is 5.02 Å². The third kappa shape index (κ3) is 6.25. The van der Waals surface area contributed by atoms with Crippen LogP contribution in [-0.4, -0.2) is 44.9 Å². The van der Waals surface area contributed by atoms with Gasteiger partial charge in [-0.15, -0.1) is 0 Å². The summed E-state index contributed by atoms with van der Waals surface area (Å²) in [6.07, 6.45) is 1.32. The molecule has 1 saturated heterocycles. The molecule has 1 amide bonds. The second kappa shape index (κ2) is 10.5. The quantitative estimate of drug-likeness (QED) is 0.483. The molecule has 0 aromatic heterocycles. The summed E-state index contributed by atoms with van der Waals surface area (Å²) < 4.78 is 32.9. The first-order chi connectivity index (χ1) is 15.9. The van der Waals surface area contributed by atoms with E-state index in [4.69, 9.17) is 16.3 Å². The van der Waals surface area contributed by atoms with Crippen LogP contribution in [0.15, 0.2) is 66.7 Å². The zero-order valence-corrected chi connectivity index (χ0v) is 19.8. The second-order valence-corrected chi connectivity index (χ2v) is 10.6. The maximum atomic E-state index is 12.9. The first-order valence-corrected chi connectivity index (χ1v) is 13.0. The Balaban J connectivity index is 1.26. The number of halogens is 1. The lowest BCUT2D eigenvalue weighted by Crippen LogP contribution is -2.46. The highest BCUT2D eigenvalue weighted by Gasteiger charge is 2.32. The molecule has 0 saturated carbocycles. The fraction of sp³-hybridized carbons (Fsp3) is 0.320. The molecule has 0 spiro atoms. The zero-order valence-electron chi connectivity index (χ0n) is 18.2. The number of piperidine rings is 1. The molecular weight excluding hydrogens is 460 g/mol. The number of fused-ring (bicyclic) bond motifs is 1. The van der Waals surface area contributed by atoms with Crippen molar-refractivity contribution in [2.24, 2.45) is 5.92 Å². The van der Waals surface area contributed by atoms with Crippen molar-refractivity contribution in [2.75, 3.05) is 26.2 Å². The van der Waals surface area contributed by atoms with Crippen molar-refractivity contribution >= 4 is 38.3 Å². The maximum absolute atomic E-state index is 12.9. The van der Waals surface area contributed by atoms with Gasteiger partial charge in [0, 0.05) is 18.1 Å². The van der Waals surface area contributed by atoms with Crippen molar-refractivity contribution < 1.29 is 17.9 Å². The summed E-state index contributed by atoms with van der Waals surface area (Å²) in [6, 6.07) is 20.8. The van der Waals surface area contributed by atoms with Crippen LogP contribution >= 0.6 is 11.6 Å². The van der Waals surface area contributed by atoms with Crippen LogP contribution < -0.4 is 10.1 Å². The Kier molecular flexibility index (Phi) is 7.53. The van der Waals surface area contributed by atoms with Crippen LogP contribution in [0.1, 0.15) is 18.4 Å². The Morgan fingerprint density at radius 1 is 1.06 bits per heavy atom. The molecule has 1 fully saturated rings. The minimum atomic E-state index is -3.53. The third-order valence-electron chi connectivity index (χ3n) is 5.78. The number of carbonyl (C=O) groups is 1. The number of hydrogen-bond donors (Lipinski definition) is 1. The topological polar surface area (TPSA) is 75.7 Å². The molecular formula is C25H27ClN2O4S. The van der Waals surface area contributed by atoms with Gasteiger partial charge in [0.15, 0.2) is 0 Å². The smallest absolute Gasteiger partial charge is 0.224 e. The number of carbonyl (C=O) groups excluding carboxylic acids is 1. The van der Waals surface area contributed by atoms with Crippen LogP contribution in [0.3, 0.4) is 0 Å². The van der Waals surface area contributed by atoms with Crippen LogP contribution in [-0.2, 0) is 20.6 Å². The largest absolute Gasteiger partial charge is 0.492 e. The van der Waals surface area contributed by atoms with Gasteiger partial charge in [0.25, 0.3) is 0 Å². The van der Waals surface area contributed by atoms with Gasteiger partial charge < -0.3 is 10.1 Å². The lowest BCUT2D eigenvalue weighted by Gasteiger charge is -2.31. The Morgan fingerprint density at radius 3 is 2.70 bits per heavy atom. The van der Waals surface area contributed by atoms with E-state index < -0.39 is 10.0 Å². The summed E-state index contributed by atoms with van der Waals surface area (Å²) in [5.74, 6) is 0.119. The molecule has 1 atom stereocenters. The van der Waals surface area contributed by atoms with Crippen molar-refractivity contribution in [3.8, 4) is 5.75 Å². The average Bonchev–Trinajstić information content (AvgIpc) is 2.81. The van der Waals surface area contributed by atoms with Gasteiger partial charge >= 0.3 is 0 Å². The number of ether oxygens (including phenoxy) is 1. The first kappa shape index (κ1) is 23.5. The van der Waals surface area contributed by atoms with Crippen molar-refractivity contribution in [3.63, 3.8) is 0 Å². The maximum Gasteiger partial charge on any atom is 0.224 e. The summed E-state index contributed by atoms with van der Waals surface area (Å²) in [4.78, 5) is 12.7. The van der Waals surface area contributed by atoms with Crippen molar-refractivity contribution in [1.29, 1.82) is 0 Å². The lowest BCUT2D eigenvalue weighted by atomic mass is 9.99. The molecule has 0 radical (unpaired) electrons. The van der Waals surface area contributed by atoms with Gasteiger partial charge in [-0.2, -0.15) is 0 Å². The van der Waals surface area contributed by atoms with Gasteiger partial charge in [-0.1, -0.05) is 54.1 Å². The van der Waals surface area contributed by atoms with E-state index in [9.17, 15) is 13.2 Å². The fourth-order valence-corrected chi connectivity index (χ4v) is 5.89. The minimum Gasteiger partial charge on any atom is -0.492 e.